The molecule has 76 valence electrons. The highest BCUT2D eigenvalue weighted by Crippen LogP contribution is 2.34. The molecular formula is C8H11N3O3. The molecule has 1 fully saturated rings. The van der Waals surface area contributed by atoms with E-state index in [1.54, 1.807) is 4.68 Å². The molecule has 1 aromatic heterocycles. The molecule has 0 saturated heterocycles. The molecule has 1 saturated carbocycles. The molecule has 0 amide bonds. The van der Waals surface area contributed by atoms with E-state index in [1.807, 2.05) is 0 Å². The Morgan fingerprint density at radius 2 is 2.43 bits per heavy atom. The number of aromatic nitrogens is 2. The van der Waals surface area contributed by atoms with Crippen molar-refractivity contribution in [3.8, 4) is 5.88 Å². The second-order valence-electron chi connectivity index (χ2n) is 3.35. The normalized spacial score (nSPS) is 16.4. The smallest absolute Gasteiger partial charge is 0.350 e. The van der Waals surface area contributed by atoms with Gasteiger partial charge in [-0.3, -0.25) is 14.8 Å². The molecule has 1 aromatic rings. The first-order valence-corrected chi connectivity index (χ1v) is 4.50. The fraction of sp³-hybridized carbons (Fsp3) is 0.625. The molecule has 0 aliphatic heterocycles. The largest absolute Gasteiger partial charge is 0.475 e. The summed E-state index contributed by atoms with van der Waals surface area (Å²) in [6, 6.07) is 0.317. The maximum Gasteiger partial charge on any atom is 0.350 e. The Labute approximate surface area is 80.6 Å². The van der Waals surface area contributed by atoms with Crippen LogP contribution in [0, 0.1) is 10.1 Å². The quantitative estimate of drug-likeness (QED) is 0.544. The van der Waals surface area contributed by atoms with Gasteiger partial charge in [0.25, 0.3) is 0 Å². The van der Waals surface area contributed by atoms with Gasteiger partial charge in [0, 0.05) is 0 Å². The second-order valence-corrected chi connectivity index (χ2v) is 3.35. The SMILES string of the molecule is COc1nn(C2CCC2)cc1[N+](=O)[O-]. The van der Waals surface area contributed by atoms with Crippen LogP contribution in [0.4, 0.5) is 5.69 Å². The van der Waals surface area contributed by atoms with Crippen LogP contribution in [-0.4, -0.2) is 21.8 Å². The van der Waals surface area contributed by atoms with Crippen LogP contribution in [-0.2, 0) is 0 Å². The monoisotopic (exact) mass is 197 g/mol. The Balaban J connectivity index is 2.30. The van der Waals surface area contributed by atoms with Crippen LogP contribution in [0.25, 0.3) is 0 Å². The standard InChI is InChI=1S/C8H11N3O3/c1-14-8-7(11(12)13)5-10(9-8)6-3-2-4-6/h5-6H,2-4H2,1H3. The van der Waals surface area contributed by atoms with Crippen molar-refractivity contribution in [2.24, 2.45) is 0 Å². The van der Waals surface area contributed by atoms with E-state index in [0.29, 0.717) is 6.04 Å². The molecule has 0 radical (unpaired) electrons. The van der Waals surface area contributed by atoms with Gasteiger partial charge in [0.05, 0.1) is 18.1 Å². The van der Waals surface area contributed by atoms with E-state index in [9.17, 15) is 10.1 Å². The van der Waals surface area contributed by atoms with Crippen LogP contribution in [0.1, 0.15) is 25.3 Å². The van der Waals surface area contributed by atoms with Crippen molar-refractivity contribution >= 4 is 5.69 Å². The minimum absolute atomic E-state index is 0.0561. The van der Waals surface area contributed by atoms with Gasteiger partial charge in [-0.1, -0.05) is 0 Å². The lowest BCUT2D eigenvalue weighted by Gasteiger charge is -2.24. The van der Waals surface area contributed by atoms with E-state index < -0.39 is 4.92 Å². The fourth-order valence-corrected chi connectivity index (χ4v) is 1.47. The zero-order valence-corrected chi connectivity index (χ0v) is 7.84. The van der Waals surface area contributed by atoms with E-state index >= 15 is 0 Å². The summed E-state index contributed by atoms with van der Waals surface area (Å²) in [4.78, 5) is 10.1. The minimum Gasteiger partial charge on any atom is -0.475 e. The number of nitrogens with zero attached hydrogens (tertiary/aromatic N) is 3. The van der Waals surface area contributed by atoms with Gasteiger partial charge in [-0.2, -0.15) is 0 Å². The first kappa shape index (κ1) is 8.98. The van der Waals surface area contributed by atoms with Crippen molar-refractivity contribution < 1.29 is 9.66 Å². The molecule has 1 aliphatic rings. The van der Waals surface area contributed by atoms with E-state index in [-0.39, 0.29) is 11.6 Å². The summed E-state index contributed by atoms with van der Waals surface area (Å²) in [7, 11) is 1.39. The van der Waals surface area contributed by atoms with Gasteiger partial charge in [-0.15, -0.1) is 5.10 Å². The fourth-order valence-electron chi connectivity index (χ4n) is 1.47. The molecule has 1 aliphatic carbocycles. The molecule has 0 N–H and O–H groups in total. The van der Waals surface area contributed by atoms with Crippen LogP contribution in [0.2, 0.25) is 0 Å². The third-order valence-electron chi connectivity index (χ3n) is 2.52. The molecule has 2 rings (SSSR count). The molecule has 1 heterocycles. The predicted molar refractivity (Wildman–Crippen MR) is 48.3 cm³/mol. The Bertz CT molecular complexity index is 357. The Morgan fingerprint density at radius 1 is 1.71 bits per heavy atom. The number of methoxy groups -OCH3 is 1. The zero-order chi connectivity index (χ0) is 10.1. The van der Waals surface area contributed by atoms with Gasteiger partial charge < -0.3 is 4.74 Å². The lowest BCUT2D eigenvalue weighted by molar-refractivity contribution is -0.385. The number of rotatable bonds is 3. The van der Waals surface area contributed by atoms with Crippen LogP contribution < -0.4 is 4.74 Å². The van der Waals surface area contributed by atoms with Gasteiger partial charge in [-0.05, 0) is 19.3 Å². The average Bonchev–Trinajstić information content (AvgIpc) is 2.45. The molecule has 14 heavy (non-hydrogen) atoms. The lowest BCUT2D eigenvalue weighted by atomic mass is 9.93. The van der Waals surface area contributed by atoms with Crippen LogP contribution in [0.15, 0.2) is 6.20 Å². The molecular weight excluding hydrogens is 186 g/mol. The minimum atomic E-state index is -0.471. The van der Waals surface area contributed by atoms with Crippen LogP contribution in [0.5, 0.6) is 5.88 Å². The van der Waals surface area contributed by atoms with Crippen molar-refractivity contribution in [3.05, 3.63) is 16.3 Å². The summed E-state index contributed by atoms with van der Waals surface area (Å²) in [5.41, 5.74) is -0.0561. The maximum absolute atomic E-state index is 10.6. The zero-order valence-electron chi connectivity index (χ0n) is 7.84. The third kappa shape index (κ3) is 1.32. The average molecular weight is 197 g/mol. The van der Waals surface area contributed by atoms with Crippen LogP contribution in [0.3, 0.4) is 0 Å². The third-order valence-corrected chi connectivity index (χ3v) is 2.52. The van der Waals surface area contributed by atoms with Gasteiger partial charge in [0.15, 0.2) is 0 Å². The molecule has 6 nitrogen and oxygen atoms in total. The topological polar surface area (TPSA) is 70.2 Å². The van der Waals surface area contributed by atoms with Gasteiger partial charge in [0.2, 0.25) is 0 Å². The summed E-state index contributed by atoms with van der Waals surface area (Å²) in [6.45, 7) is 0. The summed E-state index contributed by atoms with van der Waals surface area (Å²) >= 11 is 0. The first-order chi connectivity index (χ1) is 6.72. The summed E-state index contributed by atoms with van der Waals surface area (Å²) in [5, 5.41) is 14.6. The van der Waals surface area contributed by atoms with Crippen molar-refractivity contribution in [3.63, 3.8) is 0 Å². The number of nitro groups is 1. The molecule has 0 atom stereocenters. The Kier molecular flexibility index (Phi) is 2.11. The van der Waals surface area contributed by atoms with Gasteiger partial charge >= 0.3 is 11.6 Å². The van der Waals surface area contributed by atoms with Gasteiger partial charge in [0.1, 0.15) is 6.20 Å². The van der Waals surface area contributed by atoms with E-state index in [4.69, 9.17) is 4.74 Å². The molecule has 0 spiro atoms. The van der Waals surface area contributed by atoms with Crippen molar-refractivity contribution in [1.29, 1.82) is 0 Å². The highest BCUT2D eigenvalue weighted by molar-refractivity contribution is 5.38. The summed E-state index contributed by atoms with van der Waals surface area (Å²) in [5.74, 6) is 0.0990. The van der Waals surface area contributed by atoms with Gasteiger partial charge in [-0.25, -0.2) is 0 Å². The number of ether oxygens (including phenoxy) is 1. The van der Waals surface area contributed by atoms with Crippen molar-refractivity contribution in [1.82, 2.24) is 9.78 Å². The van der Waals surface area contributed by atoms with Crippen molar-refractivity contribution in [2.45, 2.75) is 25.3 Å². The van der Waals surface area contributed by atoms with Crippen LogP contribution >= 0.6 is 0 Å². The molecule has 0 unspecified atom stereocenters. The highest BCUT2D eigenvalue weighted by Gasteiger charge is 2.26. The summed E-state index contributed by atoms with van der Waals surface area (Å²) in [6.07, 6.45) is 4.70. The lowest BCUT2D eigenvalue weighted by Crippen LogP contribution is -2.17. The maximum atomic E-state index is 10.6. The number of hydrogen-bond acceptors (Lipinski definition) is 4. The van der Waals surface area contributed by atoms with E-state index in [1.165, 1.54) is 19.7 Å². The second kappa shape index (κ2) is 3.28. The molecule has 6 heteroatoms. The number of hydrogen-bond donors (Lipinski definition) is 0. The Morgan fingerprint density at radius 3 is 2.79 bits per heavy atom. The van der Waals surface area contributed by atoms with Crippen molar-refractivity contribution in [2.75, 3.05) is 7.11 Å². The highest BCUT2D eigenvalue weighted by atomic mass is 16.6. The predicted octanol–water partition coefficient (Wildman–Crippen LogP) is 1.52. The Hall–Kier alpha value is -1.59. The van der Waals surface area contributed by atoms with E-state index in [2.05, 4.69) is 5.10 Å². The molecule has 0 aromatic carbocycles. The summed E-state index contributed by atoms with van der Waals surface area (Å²) < 4.78 is 6.47. The van der Waals surface area contributed by atoms with E-state index in [0.717, 1.165) is 12.8 Å². The molecule has 0 bridgehead atoms. The first-order valence-electron chi connectivity index (χ1n) is 4.50.